The zero-order chi connectivity index (χ0) is 15.4. The van der Waals surface area contributed by atoms with Crippen molar-refractivity contribution in [3.05, 3.63) is 58.7 Å². The summed E-state index contributed by atoms with van der Waals surface area (Å²) in [7, 11) is 1.49. The van der Waals surface area contributed by atoms with Gasteiger partial charge < -0.3 is 14.6 Å². The van der Waals surface area contributed by atoms with E-state index < -0.39 is 5.97 Å². The Morgan fingerprint density at radius 1 is 1.05 bits per heavy atom. The smallest absolute Gasteiger partial charge is 0.335 e. The maximum atomic E-state index is 10.9. The molecule has 0 aliphatic carbocycles. The van der Waals surface area contributed by atoms with Crippen molar-refractivity contribution >= 4 is 5.97 Å². The van der Waals surface area contributed by atoms with Gasteiger partial charge in [-0.2, -0.15) is 0 Å². The van der Waals surface area contributed by atoms with E-state index in [2.05, 4.69) is 26.0 Å². The number of hydrogen-bond acceptors (Lipinski definition) is 3. The summed E-state index contributed by atoms with van der Waals surface area (Å²) in [6.07, 6.45) is 0. The molecule has 0 aliphatic heterocycles. The van der Waals surface area contributed by atoms with Gasteiger partial charge in [0.2, 0.25) is 0 Å². The monoisotopic (exact) mass is 286 g/mol. The molecule has 0 unspecified atom stereocenters. The first-order valence-corrected chi connectivity index (χ1v) is 6.61. The molecule has 0 spiro atoms. The first-order valence-electron chi connectivity index (χ1n) is 6.61. The maximum absolute atomic E-state index is 10.9. The van der Waals surface area contributed by atoms with E-state index in [0.717, 1.165) is 5.56 Å². The SMILES string of the molecule is COc1cc(C(=O)O)ccc1OCc1ccc(C)c(C)c1. The molecule has 1 N–H and O–H groups in total. The summed E-state index contributed by atoms with van der Waals surface area (Å²) >= 11 is 0. The van der Waals surface area contributed by atoms with Gasteiger partial charge in [-0.3, -0.25) is 0 Å². The lowest BCUT2D eigenvalue weighted by molar-refractivity contribution is 0.0696. The highest BCUT2D eigenvalue weighted by Crippen LogP contribution is 2.29. The summed E-state index contributed by atoms with van der Waals surface area (Å²) in [4.78, 5) is 10.9. The first kappa shape index (κ1) is 14.9. The number of carbonyl (C=O) groups is 1. The number of aromatic carboxylic acids is 1. The van der Waals surface area contributed by atoms with E-state index in [-0.39, 0.29) is 5.56 Å². The lowest BCUT2D eigenvalue weighted by atomic mass is 10.1. The maximum Gasteiger partial charge on any atom is 0.335 e. The quantitative estimate of drug-likeness (QED) is 0.912. The van der Waals surface area contributed by atoms with Crippen LogP contribution in [0.25, 0.3) is 0 Å². The van der Waals surface area contributed by atoms with Gasteiger partial charge in [0.05, 0.1) is 12.7 Å². The van der Waals surface area contributed by atoms with Crippen molar-refractivity contribution in [2.24, 2.45) is 0 Å². The number of hydrogen-bond donors (Lipinski definition) is 1. The van der Waals surface area contributed by atoms with Crippen molar-refractivity contribution in [2.75, 3.05) is 7.11 Å². The van der Waals surface area contributed by atoms with Gasteiger partial charge in [-0.25, -0.2) is 4.79 Å². The highest BCUT2D eigenvalue weighted by Gasteiger charge is 2.10. The van der Waals surface area contributed by atoms with Gasteiger partial charge in [0.15, 0.2) is 11.5 Å². The lowest BCUT2D eigenvalue weighted by Crippen LogP contribution is -2.01. The molecule has 0 saturated heterocycles. The van der Waals surface area contributed by atoms with Crippen LogP contribution in [0.1, 0.15) is 27.0 Å². The van der Waals surface area contributed by atoms with E-state index in [1.54, 1.807) is 6.07 Å². The van der Waals surface area contributed by atoms with Crippen LogP contribution in [-0.2, 0) is 6.61 Å². The molecule has 4 nitrogen and oxygen atoms in total. The summed E-state index contributed by atoms with van der Waals surface area (Å²) in [6, 6.07) is 10.7. The third kappa shape index (κ3) is 3.54. The van der Waals surface area contributed by atoms with Crippen LogP contribution in [0.2, 0.25) is 0 Å². The first-order chi connectivity index (χ1) is 10.0. The van der Waals surface area contributed by atoms with E-state index in [1.807, 2.05) is 6.07 Å². The number of aryl methyl sites for hydroxylation is 2. The zero-order valence-electron chi connectivity index (χ0n) is 12.3. The fourth-order valence-electron chi connectivity index (χ4n) is 1.97. The number of methoxy groups -OCH3 is 1. The van der Waals surface area contributed by atoms with Gasteiger partial charge in [0.1, 0.15) is 6.61 Å². The summed E-state index contributed by atoms with van der Waals surface area (Å²) in [5.74, 6) is -0.0477. The van der Waals surface area contributed by atoms with Crippen molar-refractivity contribution in [1.82, 2.24) is 0 Å². The van der Waals surface area contributed by atoms with Gasteiger partial charge in [0, 0.05) is 0 Å². The molecular formula is C17H18O4. The second-order valence-corrected chi connectivity index (χ2v) is 4.88. The average molecular weight is 286 g/mol. The summed E-state index contributed by atoms with van der Waals surface area (Å²) in [5.41, 5.74) is 3.68. The van der Waals surface area contributed by atoms with Gasteiger partial charge in [-0.15, -0.1) is 0 Å². The molecule has 0 fully saturated rings. The predicted octanol–water partition coefficient (Wildman–Crippen LogP) is 3.59. The van der Waals surface area contributed by atoms with Crippen LogP contribution in [0.5, 0.6) is 11.5 Å². The minimum Gasteiger partial charge on any atom is -0.493 e. The van der Waals surface area contributed by atoms with Crippen LogP contribution in [0.4, 0.5) is 0 Å². The normalized spacial score (nSPS) is 10.2. The summed E-state index contributed by atoms with van der Waals surface area (Å²) in [5, 5.41) is 8.96. The number of benzene rings is 2. The van der Waals surface area contributed by atoms with Crippen LogP contribution in [0.15, 0.2) is 36.4 Å². The molecule has 2 aromatic carbocycles. The predicted molar refractivity (Wildman–Crippen MR) is 80.2 cm³/mol. The minimum absolute atomic E-state index is 0.172. The van der Waals surface area contributed by atoms with Crippen LogP contribution in [0.3, 0.4) is 0 Å². The van der Waals surface area contributed by atoms with E-state index in [0.29, 0.717) is 18.1 Å². The van der Waals surface area contributed by atoms with Crippen LogP contribution in [-0.4, -0.2) is 18.2 Å². The fourth-order valence-corrected chi connectivity index (χ4v) is 1.97. The number of carboxylic acid groups (broad SMARTS) is 1. The molecule has 110 valence electrons. The molecule has 0 atom stereocenters. The molecule has 0 radical (unpaired) electrons. The third-order valence-electron chi connectivity index (χ3n) is 3.38. The topological polar surface area (TPSA) is 55.8 Å². The van der Waals surface area contributed by atoms with Crippen molar-refractivity contribution in [3.8, 4) is 11.5 Å². The summed E-state index contributed by atoms with van der Waals surface area (Å²) in [6.45, 7) is 4.53. The molecule has 0 heterocycles. The Hall–Kier alpha value is -2.49. The third-order valence-corrected chi connectivity index (χ3v) is 3.38. The van der Waals surface area contributed by atoms with Crippen LogP contribution >= 0.6 is 0 Å². The van der Waals surface area contributed by atoms with Gasteiger partial charge >= 0.3 is 5.97 Å². The van der Waals surface area contributed by atoms with E-state index in [9.17, 15) is 4.79 Å². The molecule has 0 amide bonds. The highest BCUT2D eigenvalue weighted by molar-refractivity contribution is 5.88. The second-order valence-electron chi connectivity index (χ2n) is 4.88. The highest BCUT2D eigenvalue weighted by atomic mass is 16.5. The molecular weight excluding hydrogens is 268 g/mol. The van der Waals surface area contributed by atoms with Crippen molar-refractivity contribution < 1.29 is 19.4 Å². The molecule has 0 bridgehead atoms. The van der Waals surface area contributed by atoms with Gasteiger partial charge in [-0.1, -0.05) is 18.2 Å². The fraction of sp³-hybridized carbons (Fsp3) is 0.235. The Labute approximate surface area is 123 Å². The van der Waals surface area contributed by atoms with Crippen LogP contribution in [0, 0.1) is 13.8 Å². The molecule has 0 saturated carbocycles. The molecule has 0 aromatic heterocycles. The van der Waals surface area contributed by atoms with Crippen molar-refractivity contribution in [1.29, 1.82) is 0 Å². The Morgan fingerprint density at radius 3 is 2.43 bits per heavy atom. The van der Waals surface area contributed by atoms with Crippen LogP contribution < -0.4 is 9.47 Å². The summed E-state index contributed by atoms with van der Waals surface area (Å²) < 4.78 is 10.9. The zero-order valence-corrected chi connectivity index (χ0v) is 12.3. The number of carboxylic acids is 1. The minimum atomic E-state index is -0.992. The van der Waals surface area contributed by atoms with E-state index >= 15 is 0 Å². The van der Waals surface area contributed by atoms with Crippen molar-refractivity contribution in [3.63, 3.8) is 0 Å². The Balaban J connectivity index is 2.15. The number of ether oxygens (including phenoxy) is 2. The Kier molecular flexibility index (Phi) is 4.48. The van der Waals surface area contributed by atoms with E-state index in [1.165, 1.54) is 30.4 Å². The molecule has 2 aromatic rings. The average Bonchev–Trinajstić information content (AvgIpc) is 2.48. The Morgan fingerprint density at radius 2 is 1.81 bits per heavy atom. The number of rotatable bonds is 5. The van der Waals surface area contributed by atoms with Gasteiger partial charge in [-0.05, 0) is 48.7 Å². The molecule has 0 aliphatic rings. The Bertz CT molecular complexity index is 662. The van der Waals surface area contributed by atoms with Crippen molar-refractivity contribution in [2.45, 2.75) is 20.5 Å². The molecule has 21 heavy (non-hydrogen) atoms. The van der Waals surface area contributed by atoms with E-state index in [4.69, 9.17) is 14.6 Å². The molecule has 4 heteroatoms. The second kappa shape index (κ2) is 6.31. The largest absolute Gasteiger partial charge is 0.493 e. The van der Waals surface area contributed by atoms with Gasteiger partial charge in [0.25, 0.3) is 0 Å². The lowest BCUT2D eigenvalue weighted by Gasteiger charge is -2.12. The standard InChI is InChI=1S/C17H18O4/c1-11-4-5-13(8-12(11)2)10-21-15-7-6-14(17(18)19)9-16(15)20-3/h4-9H,10H2,1-3H3,(H,18,19). The molecule has 2 rings (SSSR count).